The van der Waals surface area contributed by atoms with Crippen molar-refractivity contribution < 1.29 is 0 Å². The van der Waals surface area contributed by atoms with Crippen molar-refractivity contribution in [3.63, 3.8) is 0 Å². The first-order valence-electron chi connectivity index (χ1n) is 4.39. The third-order valence-electron chi connectivity index (χ3n) is 2.07. The summed E-state index contributed by atoms with van der Waals surface area (Å²) < 4.78 is 0. The number of benzene rings is 1. The number of halogens is 1. The molecule has 0 unspecified atom stereocenters. The Morgan fingerprint density at radius 3 is 2.80 bits per heavy atom. The van der Waals surface area contributed by atoms with Crippen molar-refractivity contribution >= 4 is 34.0 Å². The van der Waals surface area contributed by atoms with Crippen LogP contribution in [0.3, 0.4) is 0 Å². The number of nitrogens with zero attached hydrogens (tertiary/aromatic N) is 2. The summed E-state index contributed by atoms with van der Waals surface area (Å²) in [6.07, 6.45) is 0. The van der Waals surface area contributed by atoms with Crippen LogP contribution in [0, 0.1) is 0 Å². The monoisotopic (exact) mass is 235 g/mol. The first-order chi connectivity index (χ1) is 7.33. The molecule has 0 radical (unpaired) electrons. The molecule has 2 heterocycles. The van der Waals surface area contributed by atoms with E-state index in [4.69, 9.17) is 11.6 Å². The highest BCUT2D eigenvalue weighted by Gasteiger charge is 2.08. The van der Waals surface area contributed by atoms with E-state index in [2.05, 4.69) is 15.0 Å². The Balaban J connectivity index is 2.19. The van der Waals surface area contributed by atoms with Gasteiger partial charge in [0.1, 0.15) is 5.15 Å². The molecule has 0 aliphatic heterocycles. The Hall–Kier alpha value is -1.39. The predicted molar refractivity (Wildman–Crippen MR) is 62.2 cm³/mol. The highest BCUT2D eigenvalue weighted by atomic mass is 35.5. The Bertz CT molecular complexity index is 581. The molecule has 0 saturated heterocycles. The molecular formula is C10H6ClN3S. The highest BCUT2D eigenvalue weighted by molar-refractivity contribution is 7.13. The van der Waals surface area contributed by atoms with Gasteiger partial charge in [-0.3, -0.25) is 0 Å². The van der Waals surface area contributed by atoms with Crippen LogP contribution < -0.4 is 0 Å². The number of aromatic amines is 1. The topological polar surface area (TPSA) is 41.6 Å². The van der Waals surface area contributed by atoms with Crippen molar-refractivity contribution in [3.8, 4) is 10.8 Å². The molecule has 0 amide bonds. The summed E-state index contributed by atoms with van der Waals surface area (Å²) in [7, 11) is 0. The maximum absolute atomic E-state index is 5.77. The molecule has 3 nitrogen and oxygen atoms in total. The standard InChI is InChI=1S/C10H6ClN3S/c11-8-5-15-10(14-8)9-12-6-3-1-2-4-7(6)13-9/h1-5H,(H,12,13). The van der Waals surface area contributed by atoms with E-state index < -0.39 is 0 Å². The van der Waals surface area contributed by atoms with E-state index >= 15 is 0 Å². The Kier molecular flexibility index (Phi) is 1.97. The zero-order chi connectivity index (χ0) is 10.3. The van der Waals surface area contributed by atoms with E-state index in [9.17, 15) is 0 Å². The maximum atomic E-state index is 5.77. The zero-order valence-electron chi connectivity index (χ0n) is 7.57. The first-order valence-corrected chi connectivity index (χ1v) is 5.65. The molecule has 3 rings (SSSR count). The van der Waals surface area contributed by atoms with Gasteiger partial charge in [-0.25, -0.2) is 9.97 Å². The van der Waals surface area contributed by atoms with Gasteiger partial charge in [0.05, 0.1) is 11.0 Å². The van der Waals surface area contributed by atoms with E-state index in [1.807, 2.05) is 24.3 Å². The smallest absolute Gasteiger partial charge is 0.167 e. The quantitative estimate of drug-likeness (QED) is 0.703. The van der Waals surface area contributed by atoms with Gasteiger partial charge in [-0.15, -0.1) is 11.3 Å². The number of rotatable bonds is 1. The third kappa shape index (κ3) is 1.52. The molecule has 2 aromatic heterocycles. The molecule has 0 atom stereocenters. The highest BCUT2D eigenvalue weighted by Crippen LogP contribution is 2.25. The molecule has 0 bridgehead atoms. The Morgan fingerprint density at radius 1 is 1.20 bits per heavy atom. The van der Waals surface area contributed by atoms with Gasteiger partial charge in [-0.05, 0) is 12.1 Å². The average molecular weight is 236 g/mol. The normalized spacial score (nSPS) is 11.0. The molecule has 5 heteroatoms. The van der Waals surface area contributed by atoms with Crippen molar-refractivity contribution in [1.82, 2.24) is 15.0 Å². The summed E-state index contributed by atoms with van der Waals surface area (Å²) in [5.41, 5.74) is 1.96. The number of para-hydroxylation sites is 2. The van der Waals surface area contributed by atoms with E-state index in [0.29, 0.717) is 5.15 Å². The van der Waals surface area contributed by atoms with E-state index in [0.717, 1.165) is 21.9 Å². The van der Waals surface area contributed by atoms with Gasteiger partial charge in [0, 0.05) is 5.38 Å². The molecular weight excluding hydrogens is 230 g/mol. The predicted octanol–water partition coefficient (Wildman–Crippen LogP) is 3.34. The molecule has 0 saturated carbocycles. The van der Waals surface area contributed by atoms with Gasteiger partial charge in [0.2, 0.25) is 0 Å². The average Bonchev–Trinajstić information content (AvgIpc) is 2.82. The summed E-state index contributed by atoms with van der Waals surface area (Å²) in [6, 6.07) is 7.88. The van der Waals surface area contributed by atoms with Crippen LogP contribution in [0.5, 0.6) is 0 Å². The van der Waals surface area contributed by atoms with Crippen LogP contribution in [0.4, 0.5) is 0 Å². The molecule has 0 aliphatic carbocycles. The number of hydrogen-bond donors (Lipinski definition) is 1. The largest absolute Gasteiger partial charge is 0.336 e. The van der Waals surface area contributed by atoms with Gasteiger partial charge in [-0.2, -0.15) is 0 Å². The number of nitrogens with one attached hydrogen (secondary N) is 1. The number of imidazole rings is 1. The van der Waals surface area contributed by atoms with E-state index in [1.165, 1.54) is 11.3 Å². The number of fused-ring (bicyclic) bond motifs is 1. The van der Waals surface area contributed by atoms with Crippen LogP contribution in [0.2, 0.25) is 5.15 Å². The minimum absolute atomic E-state index is 0.510. The second kappa shape index (κ2) is 3.32. The lowest BCUT2D eigenvalue weighted by Crippen LogP contribution is -1.77. The van der Waals surface area contributed by atoms with Crippen molar-refractivity contribution in [2.24, 2.45) is 0 Å². The number of thiazole rings is 1. The number of aromatic nitrogens is 3. The fourth-order valence-electron chi connectivity index (χ4n) is 1.42. The molecule has 74 valence electrons. The summed E-state index contributed by atoms with van der Waals surface area (Å²) in [6.45, 7) is 0. The Morgan fingerprint density at radius 2 is 2.07 bits per heavy atom. The molecule has 0 spiro atoms. The van der Waals surface area contributed by atoms with Crippen LogP contribution in [-0.2, 0) is 0 Å². The lowest BCUT2D eigenvalue weighted by molar-refractivity contribution is 1.29. The SMILES string of the molecule is Clc1csc(-c2nc3ccccc3[nH]2)n1. The maximum Gasteiger partial charge on any atom is 0.167 e. The lowest BCUT2D eigenvalue weighted by Gasteiger charge is -1.85. The van der Waals surface area contributed by atoms with Gasteiger partial charge >= 0.3 is 0 Å². The van der Waals surface area contributed by atoms with Crippen molar-refractivity contribution in [2.75, 3.05) is 0 Å². The van der Waals surface area contributed by atoms with Crippen molar-refractivity contribution in [2.45, 2.75) is 0 Å². The minimum atomic E-state index is 0.510. The van der Waals surface area contributed by atoms with Crippen LogP contribution in [0.25, 0.3) is 21.9 Å². The third-order valence-corrected chi connectivity index (χ3v) is 3.24. The van der Waals surface area contributed by atoms with Gasteiger partial charge in [-0.1, -0.05) is 23.7 Å². The number of hydrogen-bond acceptors (Lipinski definition) is 3. The second-order valence-corrected chi connectivity index (χ2v) is 4.32. The molecule has 0 fully saturated rings. The van der Waals surface area contributed by atoms with Crippen molar-refractivity contribution in [3.05, 3.63) is 34.8 Å². The van der Waals surface area contributed by atoms with Crippen molar-refractivity contribution in [1.29, 1.82) is 0 Å². The summed E-state index contributed by atoms with van der Waals surface area (Å²) in [5, 5.41) is 3.12. The van der Waals surface area contributed by atoms with Gasteiger partial charge < -0.3 is 4.98 Å². The number of H-pyrrole nitrogens is 1. The Labute approximate surface area is 94.8 Å². The minimum Gasteiger partial charge on any atom is -0.336 e. The zero-order valence-corrected chi connectivity index (χ0v) is 9.14. The lowest BCUT2D eigenvalue weighted by atomic mass is 10.3. The van der Waals surface area contributed by atoms with E-state index in [-0.39, 0.29) is 0 Å². The summed E-state index contributed by atoms with van der Waals surface area (Å²) >= 11 is 7.25. The van der Waals surface area contributed by atoms with Crippen LogP contribution in [0.1, 0.15) is 0 Å². The molecule has 15 heavy (non-hydrogen) atoms. The molecule has 0 aliphatic rings. The second-order valence-electron chi connectivity index (χ2n) is 3.08. The summed E-state index contributed by atoms with van der Waals surface area (Å²) in [4.78, 5) is 11.8. The van der Waals surface area contributed by atoms with Crippen LogP contribution >= 0.6 is 22.9 Å². The summed E-state index contributed by atoms with van der Waals surface area (Å²) in [5.74, 6) is 0.771. The van der Waals surface area contributed by atoms with Gasteiger partial charge in [0.25, 0.3) is 0 Å². The van der Waals surface area contributed by atoms with Crippen LogP contribution in [-0.4, -0.2) is 15.0 Å². The van der Waals surface area contributed by atoms with Gasteiger partial charge in [0.15, 0.2) is 10.8 Å². The first kappa shape index (κ1) is 8.88. The van der Waals surface area contributed by atoms with E-state index in [1.54, 1.807) is 5.38 Å². The molecule has 3 aromatic rings. The fourth-order valence-corrected chi connectivity index (χ4v) is 2.31. The van der Waals surface area contributed by atoms with Crippen LogP contribution in [0.15, 0.2) is 29.6 Å². The molecule has 1 aromatic carbocycles. The fraction of sp³-hybridized carbons (Fsp3) is 0. The molecule has 1 N–H and O–H groups in total.